The SMILES string of the molecule is CC(C)CC[C@@H](N)c1ccccc1F.Cl. The molecule has 0 heterocycles. The average molecular weight is 232 g/mol. The van der Waals surface area contributed by atoms with Gasteiger partial charge < -0.3 is 5.73 Å². The van der Waals surface area contributed by atoms with E-state index in [0.29, 0.717) is 11.5 Å². The third-order valence-corrected chi connectivity index (χ3v) is 2.36. The van der Waals surface area contributed by atoms with Gasteiger partial charge in [0.1, 0.15) is 5.82 Å². The van der Waals surface area contributed by atoms with Gasteiger partial charge in [-0.15, -0.1) is 12.4 Å². The van der Waals surface area contributed by atoms with Crippen molar-refractivity contribution in [3.63, 3.8) is 0 Å². The Bertz CT molecular complexity index is 289. The van der Waals surface area contributed by atoms with Gasteiger partial charge in [0.2, 0.25) is 0 Å². The molecule has 2 N–H and O–H groups in total. The van der Waals surface area contributed by atoms with Crippen LogP contribution in [0.3, 0.4) is 0 Å². The Kier molecular flexibility index (Phi) is 6.53. The van der Waals surface area contributed by atoms with Crippen molar-refractivity contribution in [1.29, 1.82) is 0 Å². The highest BCUT2D eigenvalue weighted by Crippen LogP contribution is 2.20. The average Bonchev–Trinajstić information content (AvgIpc) is 2.15. The van der Waals surface area contributed by atoms with Crippen molar-refractivity contribution in [2.75, 3.05) is 0 Å². The van der Waals surface area contributed by atoms with E-state index in [-0.39, 0.29) is 24.3 Å². The van der Waals surface area contributed by atoms with E-state index >= 15 is 0 Å². The summed E-state index contributed by atoms with van der Waals surface area (Å²) in [7, 11) is 0. The van der Waals surface area contributed by atoms with E-state index in [9.17, 15) is 4.39 Å². The molecule has 0 amide bonds. The number of nitrogens with two attached hydrogens (primary N) is 1. The molecule has 0 saturated carbocycles. The zero-order valence-electron chi connectivity index (χ0n) is 9.24. The molecule has 0 aliphatic rings. The van der Waals surface area contributed by atoms with Crippen molar-refractivity contribution in [2.45, 2.75) is 32.7 Å². The molecule has 1 nitrogen and oxygen atoms in total. The van der Waals surface area contributed by atoms with Crippen molar-refractivity contribution in [3.05, 3.63) is 35.6 Å². The molecule has 0 aliphatic heterocycles. The van der Waals surface area contributed by atoms with Gasteiger partial charge in [0.15, 0.2) is 0 Å². The Morgan fingerprint density at radius 2 is 1.80 bits per heavy atom. The molecule has 1 rings (SSSR count). The predicted molar refractivity (Wildman–Crippen MR) is 64.6 cm³/mol. The largest absolute Gasteiger partial charge is 0.324 e. The van der Waals surface area contributed by atoms with Gasteiger partial charge in [0, 0.05) is 11.6 Å². The molecule has 0 bridgehead atoms. The van der Waals surface area contributed by atoms with Gasteiger partial charge in [-0.25, -0.2) is 4.39 Å². The molecule has 0 radical (unpaired) electrons. The molecule has 0 saturated heterocycles. The zero-order chi connectivity index (χ0) is 10.6. The van der Waals surface area contributed by atoms with Crippen LogP contribution in [0.25, 0.3) is 0 Å². The van der Waals surface area contributed by atoms with Gasteiger partial charge in [-0.2, -0.15) is 0 Å². The second-order valence-electron chi connectivity index (χ2n) is 4.10. The lowest BCUT2D eigenvalue weighted by Gasteiger charge is -2.13. The minimum Gasteiger partial charge on any atom is -0.324 e. The van der Waals surface area contributed by atoms with Crippen molar-refractivity contribution < 1.29 is 4.39 Å². The Hall–Kier alpha value is -0.600. The fourth-order valence-corrected chi connectivity index (χ4v) is 1.44. The first-order valence-corrected chi connectivity index (χ1v) is 5.11. The van der Waals surface area contributed by atoms with E-state index in [4.69, 9.17) is 5.73 Å². The van der Waals surface area contributed by atoms with Gasteiger partial charge in [-0.1, -0.05) is 32.0 Å². The summed E-state index contributed by atoms with van der Waals surface area (Å²) in [5, 5.41) is 0. The van der Waals surface area contributed by atoms with Crippen molar-refractivity contribution >= 4 is 12.4 Å². The van der Waals surface area contributed by atoms with Crippen LogP contribution in [0.1, 0.15) is 38.3 Å². The van der Waals surface area contributed by atoms with E-state index < -0.39 is 0 Å². The third-order valence-electron chi connectivity index (χ3n) is 2.36. The number of hydrogen-bond acceptors (Lipinski definition) is 1. The molecule has 0 fully saturated rings. The maximum atomic E-state index is 13.3. The number of benzene rings is 1. The summed E-state index contributed by atoms with van der Waals surface area (Å²) in [4.78, 5) is 0. The Morgan fingerprint density at radius 3 is 2.33 bits per heavy atom. The molecule has 1 atom stereocenters. The summed E-state index contributed by atoms with van der Waals surface area (Å²) in [5.41, 5.74) is 6.54. The summed E-state index contributed by atoms with van der Waals surface area (Å²) < 4.78 is 13.3. The number of hydrogen-bond donors (Lipinski definition) is 1. The molecule has 0 unspecified atom stereocenters. The quantitative estimate of drug-likeness (QED) is 0.841. The highest BCUT2D eigenvalue weighted by molar-refractivity contribution is 5.85. The maximum Gasteiger partial charge on any atom is 0.127 e. The standard InChI is InChI=1S/C12H18FN.ClH/c1-9(2)7-8-12(14)10-5-3-4-6-11(10)13;/h3-6,9,12H,7-8,14H2,1-2H3;1H/t12-;/m1./s1. The van der Waals surface area contributed by atoms with Crippen LogP contribution in [-0.4, -0.2) is 0 Å². The van der Waals surface area contributed by atoms with Gasteiger partial charge >= 0.3 is 0 Å². The first-order chi connectivity index (χ1) is 6.61. The van der Waals surface area contributed by atoms with Gasteiger partial charge in [-0.05, 0) is 24.8 Å². The Labute approximate surface area is 97.3 Å². The van der Waals surface area contributed by atoms with Gasteiger partial charge in [-0.3, -0.25) is 0 Å². The predicted octanol–water partition coefficient (Wildman–Crippen LogP) is 3.68. The number of halogens is 2. The lowest BCUT2D eigenvalue weighted by molar-refractivity contribution is 0.491. The minimum atomic E-state index is -0.191. The molecule has 0 spiro atoms. The summed E-state index contributed by atoms with van der Waals surface area (Å²) in [6.45, 7) is 4.29. The topological polar surface area (TPSA) is 26.0 Å². The van der Waals surface area contributed by atoms with Crippen molar-refractivity contribution in [1.82, 2.24) is 0 Å². The Morgan fingerprint density at radius 1 is 1.20 bits per heavy atom. The molecular formula is C12H19ClFN. The van der Waals surface area contributed by atoms with Crippen LogP contribution < -0.4 is 5.73 Å². The second-order valence-corrected chi connectivity index (χ2v) is 4.10. The van der Waals surface area contributed by atoms with E-state index in [1.54, 1.807) is 12.1 Å². The van der Waals surface area contributed by atoms with Crippen LogP contribution in [0.5, 0.6) is 0 Å². The smallest absolute Gasteiger partial charge is 0.127 e. The van der Waals surface area contributed by atoms with Gasteiger partial charge in [0.25, 0.3) is 0 Å². The fourth-order valence-electron chi connectivity index (χ4n) is 1.44. The van der Waals surface area contributed by atoms with E-state index in [1.807, 2.05) is 6.07 Å². The van der Waals surface area contributed by atoms with Gasteiger partial charge in [0.05, 0.1) is 0 Å². The van der Waals surface area contributed by atoms with Crippen LogP contribution >= 0.6 is 12.4 Å². The van der Waals surface area contributed by atoms with Crippen molar-refractivity contribution in [2.24, 2.45) is 11.7 Å². The maximum absolute atomic E-state index is 13.3. The fraction of sp³-hybridized carbons (Fsp3) is 0.500. The first kappa shape index (κ1) is 14.4. The summed E-state index contributed by atoms with van der Waals surface area (Å²) in [6.07, 6.45) is 1.88. The van der Waals surface area contributed by atoms with Crippen LogP contribution in [0, 0.1) is 11.7 Å². The normalized spacial score (nSPS) is 12.3. The molecule has 0 aromatic heterocycles. The highest BCUT2D eigenvalue weighted by Gasteiger charge is 2.10. The molecule has 1 aromatic rings. The Balaban J connectivity index is 0.00000196. The molecule has 3 heteroatoms. The van der Waals surface area contributed by atoms with Crippen molar-refractivity contribution in [3.8, 4) is 0 Å². The van der Waals surface area contributed by atoms with E-state index in [1.165, 1.54) is 6.07 Å². The molecule has 86 valence electrons. The first-order valence-electron chi connectivity index (χ1n) is 5.11. The van der Waals surface area contributed by atoms with E-state index in [2.05, 4.69) is 13.8 Å². The monoisotopic (exact) mass is 231 g/mol. The highest BCUT2D eigenvalue weighted by atomic mass is 35.5. The van der Waals surface area contributed by atoms with E-state index in [0.717, 1.165) is 12.8 Å². The minimum absolute atomic E-state index is 0. The molecule has 1 aromatic carbocycles. The molecule has 0 aliphatic carbocycles. The lowest BCUT2D eigenvalue weighted by Crippen LogP contribution is -2.12. The molecular weight excluding hydrogens is 213 g/mol. The molecule has 15 heavy (non-hydrogen) atoms. The van der Waals surface area contributed by atoms with Crippen LogP contribution in [-0.2, 0) is 0 Å². The van der Waals surface area contributed by atoms with Crippen LogP contribution in [0.15, 0.2) is 24.3 Å². The zero-order valence-corrected chi connectivity index (χ0v) is 10.1. The second kappa shape index (κ2) is 6.81. The number of rotatable bonds is 4. The van der Waals surface area contributed by atoms with Crippen LogP contribution in [0.4, 0.5) is 4.39 Å². The lowest BCUT2D eigenvalue weighted by atomic mass is 9.98. The van der Waals surface area contributed by atoms with Crippen LogP contribution in [0.2, 0.25) is 0 Å². The third kappa shape index (κ3) is 4.63. The summed E-state index contributed by atoms with van der Waals surface area (Å²) in [5.74, 6) is 0.427. The summed E-state index contributed by atoms with van der Waals surface area (Å²) in [6, 6.07) is 6.57. The summed E-state index contributed by atoms with van der Waals surface area (Å²) >= 11 is 0.